The van der Waals surface area contributed by atoms with Crippen LogP contribution < -0.4 is 5.32 Å². The summed E-state index contributed by atoms with van der Waals surface area (Å²) >= 11 is 3.45. The van der Waals surface area contributed by atoms with Crippen LogP contribution in [0.5, 0.6) is 0 Å². The fourth-order valence-corrected chi connectivity index (χ4v) is 3.95. The largest absolute Gasteiger partial charge is 0.372 e. The van der Waals surface area contributed by atoms with Crippen molar-refractivity contribution in [3.05, 3.63) is 74.1 Å². The number of rotatable bonds is 4. The molecule has 1 N–H and O–H groups in total. The van der Waals surface area contributed by atoms with Crippen molar-refractivity contribution >= 4 is 28.4 Å². The van der Waals surface area contributed by atoms with E-state index in [9.17, 15) is 5.26 Å². The third-order valence-electron chi connectivity index (χ3n) is 3.34. The van der Waals surface area contributed by atoms with Crippen LogP contribution in [-0.2, 0) is 0 Å². The van der Waals surface area contributed by atoms with Gasteiger partial charge in [0.1, 0.15) is 6.07 Å². The van der Waals surface area contributed by atoms with Crippen LogP contribution in [0.1, 0.15) is 26.9 Å². The van der Waals surface area contributed by atoms with Gasteiger partial charge in [-0.1, -0.05) is 24.3 Å². The minimum atomic E-state index is 0.0962. The Balaban J connectivity index is 2.01. The molecule has 0 radical (unpaired) electrons. The Hall–Kier alpha value is -2.09. The average molecular weight is 310 g/mol. The molecule has 3 rings (SSSR count). The van der Waals surface area contributed by atoms with Crippen LogP contribution >= 0.6 is 22.7 Å². The normalized spacial score (nSPS) is 10.5. The van der Waals surface area contributed by atoms with Gasteiger partial charge in [0.25, 0.3) is 0 Å². The van der Waals surface area contributed by atoms with Crippen molar-refractivity contribution in [2.24, 2.45) is 0 Å². The van der Waals surface area contributed by atoms with Gasteiger partial charge in [0.05, 0.1) is 17.3 Å². The van der Waals surface area contributed by atoms with E-state index in [0.717, 1.165) is 16.8 Å². The Bertz CT molecular complexity index is 718. The third-order valence-corrected chi connectivity index (χ3v) is 5.21. The lowest BCUT2D eigenvalue weighted by molar-refractivity contribution is 0.990. The van der Waals surface area contributed by atoms with E-state index in [-0.39, 0.29) is 6.04 Å². The molecule has 3 aromatic rings. The van der Waals surface area contributed by atoms with Gasteiger partial charge in [0.2, 0.25) is 0 Å². The van der Waals surface area contributed by atoms with Gasteiger partial charge in [-0.3, -0.25) is 0 Å². The van der Waals surface area contributed by atoms with Crippen molar-refractivity contribution in [2.45, 2.75) is 13.0 Å². The molecule has 0 aliphatic carbocycles. The van der Waals surface area contributed by atoms with E-state index in [4.69, 9.17) is 0 Å². The van der Waals surface area contributed by atoms with Gasteiger partial charge in [0.15, 0.2) is 0 Å². The molecule has 0 fully saturated rings. The SMILES string of the molecule is Cc1cccc(NC(c2cccs2)c2cccs2)c1C#N. The highest BCUT2D eigenvalue weighted by Crippen LogP contribution is 2.33. The molecule has 21 heavy (non-hydrogen) atoms. The number of anilines is 1. The van der Waals surface area contributed by atoms with Gasteiger partial charge in [0, 0.05) is 9.75 Å². The van der Waals surface area contributed by atoms with Crippen molar-refractivity contribution in [1.29, 1.82) is 5.26 Å². The van der Waals surface area contributed by atoms with E-state index in [1.54, 1.807) is 22.7 Å². The first-order chi connectivity index (χ1) is 10.3. The van der Waals surface area contributed by atoms with E-state index in [1.165, 1.54) is 9.75 Å². The van der Waals surface area contributed by atoms with Gasteiger partial charge in [-0.25, -0.2) is 0 Å². The highest BCUT2D eigenvalue weighted by Gasteiger charge is 2.18. The molecule has 2 aromatic heterocycles. The summed E-state index contributed by atoms with van der Waals surface area (Å²) in [6, 6.07) is 16.7. The smallest absolute Gasteiger partial charge is 0.102 e. The maximum atomic E-state index is 9.39. The van der Waals surface area contributed by atoms with Crippen molar-refractivity contribution in [1.82, 2.24) is 0 Å². The van der Waals surface area contributed by atoms with Crippen LogP contribution in [0.3, 0.4) is 0 Å². The monoisotopic (exact) mass is 310 g/mol. The molecule has 0 spiro atoms. The predicted octanol–water partition coefficient (Wildman–Crippen LogP) is 5.19. The lowest BCUT2D eigenvalue weighted by atomic mass is 10.1. The highest BCUT2D eigenvalue weighted by atomic mass is 32.1. The predicted molar refractivity (Wildman–Crippen MR) is 90.0 cm³/mol. The van der Waals surface area contributed by atoms with Crippen LogP contribution in [0.15, 0.2) is 53.2 Å². The number of benzene rings is 1. The lowest BCUT2D eigenvalue weighted by Gasteiger charge is -2.19. The van der Waals surface area contributed by atoms with E-state index < -0.39 is 0 Å². The minimum Gasteiger partial charge on any atom is -0.372 e. The molecule has 2 nitrogen and oxygen atoms in total. The lowest BCUT2D eigenvalue weighted by Crippen LogP contribution is -2.11. The second kappa shape index (κ2) is 6.13. The molecule has 4 heteroatoms. The Morgan fingerprint density at radius 3 is 2.19 bits per heavy atom. The number of nitriles is 1. The van der Waals surface area contributed by atoms with Gasteiger partial charge in [-0.05, 0) is 41.4 Å². The zero-order chi connectivity index (χ0) is 14.7. The Labute approximate surface area is 132 Å². The fourth-order valence-electron chi connectivity index (χ4n) is 2.29. The van der Waals surface area contributed by atoms with Crippen molar-refractivity contribution in [2.75, 3.05) is 5.32 Å². The molecule has 0 atom stereocenters. The maximum Gasteiger partial charge on any atom is 0.102 e. The quantitative estimate of drug-likeness (QED) is 0.719. The molecule has 0 unspecified atom stereocenters. The van der Waals surface area contributed by atoms with Crippen LogP contribution in [-0.4, -0.2) is 0 Å². The molecule has 104 valence electrons. The first-order valence-corrected chi connectivity index (χ1v) is 8.38. The third kappa shape index (κ3) is 2.85. The Morgan fingerprint density at radius 2 is 1.67 bits per heavy atom. The number of nitrogens with one attached hydrogen (secondary N) is 1. The summed E-state index contributed by atoms with van der Waals surface area (Å²) in [5.74, 6) is 0. The topological polar surface area (TPSA) is 35.8 Å². The number of thiophene rings is 2. The molecule has 0 bridgehead atoms. The Morgan fingerprint density at radius 1 is 1.00 bits per heavy atom. The van der Waals surface area contributed by atoms with Crippen LogP contribution in [0, 0.1) is 18.3 Å². The van der Waals surface area contributed by atoms with E-state index in [0.29, 0.717) is 0 Å². The van der Waals surface area contributed by atoms with Crippen LogP contribution in [0.4, 0.5) is 5.69 Å². The van der Waals surface area contributed by atoms with E-state index >= 15 is 0 Å². The maximum absolute atomic E-state index is 9.39. The molecule has 0 saturated carbocycles. The molecule has 0 aliphatic heterocycles. The van der Waals surface area contributed by atoms with Gasteiger partial charge >= 0.3 is 0 Å². The fraction of sp³-hybridized carbons (Fsp3) is 0.118. The summed E-state index contributed by atoms with van der Waals surface area (Å²) < 4.78 is 0. The van der Waals surface area contributed by atoms with Gasteiger partial charge < -0.3 is 5.32 Å². The zero-order valence-corrected chi connectivity index (χ0v) is 13.2. The number of hydrogen-bond acceptors (Lipinski definition) is 4. The minimum absolute atomic E-state index is 0.0962. The number of nitrogens with zero attached hydrogens (tertiary/aromatic N) is 1. The second-order valence-electron chi connectivity index (χ2n) is 4.72. The van der Waals surface area contributed by atoms with E-state index in [1.807, 2.05) is 25.1 Å². The van der Waals surface area contributed by atoms with Crippen LogP contribution in [0.25, 0.3) is 0 Å². The standard InChI is InChI=1S/C17H14N2S2/c1-12-5-2-6-14(13(12)11-18)19-17(15-7-3-9-20-15)16-8-4-10-21-16/h2-10,17,19H,1H3. The number of aryl methyl sites for hydroxylation is 1. The summed E-state index contributed by atoms with van der Waals surface area (Å²) in [5, 5.41) is 17.1. The van der Waals surface area contributed by atoms with Gasteiger partial charge in [-0.15, -0.1) is 22.7 Å². The molecule has 0 aliphatic rings. The van der Waals surface area contributed by atoms with Crippen molar-refractivity contribution < 1.29 is 0 Å². The summed E-state index contributed by atoms with van der Waals surface area (Å²) in [7, 11) is 0. The average Bonchev–Trinajstić information content (AvgIpc) is 3.18. The summed E-state index contributed by atoms with van der Waals surface area (Å²) in [5.41, 5.74) is 2.61. The van der Waals surface area contributed by atoms with Gasteiger partial charge in [-0.2, -0.15) is 5.26 Å². The summed E-state index contributed by atoms with van der Waals surface area (Å²) in [4.78, 5) is 2.51. The molecule has 0 saturated heterocycles. The highest BCUT2D eigenvalue weighted by molar-refractivity contribution is 7.11. The second-order valence-corrected chi connectivity index (χ2v) is 6.68. The molecule has 0 amide bonds. The summed E-state index contributed by atoms with van der Waals surface area (Å²) in [6.07, 6.45) is 0. The van der Waals surface area contributed by atoms with Crippen molar-refractivity contribution in [3.8, 4) is 6.07 Å². The number of hydrogen-bond donors (Lipinski definition) is 1. The molecular weight excluding hydrogens is 296 g/mol. The molecular formula is C17H14N2S2. The molecule has 2 heterocycles. The first-order valence-electron chi connectivity index (χ1n) is 6.62. The first kappa shape index (κ1) is 13.9. The summed E-state index contributed by atoms with van der Waals surface area (Å²) in [6.45, 7) is 1.97. The van der Waals surface area contributed by atoms with Crippen molar-refractivity contribution in [3.63, 3.8) is 0 Å². The zero-order valence-electron chi connectivity index (χ0n) is 11.5. The molecule has 1 aromatic carbocycles. The van der Waals surface area contributed by atoms with Crippen LogP contribution in [0.2, 0.25) is 0 Å². The van der Waals surface area contributed by atoms with E-state index in [2.05, 4.69) is 46.4 Å². The Kier molecular flexibility index (Phi) is 4.05.